The highest BCUT2D eigenvalue weighted by atomic mass is 32.2. The third-order valence-corrected chi connectivity index (χ3v) is 5.20. The summed E-state index contributed by atoms with van der Waals surface area (Å²) in [5.74, 6) is -0.324. The lowest BCUT2D eigenvalue weighted by molar-refractivity contribution is 0.0531. The van der Waals surface area contributed by atoms with Gasteiger partial charge in [0, 0.05) is 6.54 Å². The first-order valence-corrected chi connectivity index (χ1v) is 9.68. The van der Waals surface area contributed by atoms with Gasteiger partial charge in [-0.3, -0.25) is 0 Å². The monoisotopic (exact) mass is 371 g/mol. The van der Waals surface area contributed by atoms with Gasteiger partial charge >= 0.3 is 6.09 Å². The van der Waals surface area contributed by atoms with Gasteiger partial charge in [-0.2, -0.15) is 0 Å². The molecule has 0 aliphatic carbocycles. The maximum atomic E-state index is 12.5. The number of alkyl carbamates (subject to hydrolysis) is 1. The van der Waals surface area contributed by atoms with E-state index in [-0.39, 0.29) is 34.0 Å². The quantitative estimate of drug-likeness (QED) is 0.698. The number of carbonyl (C=O) groups excluding carboxylic acids is 1. The zero-order valence-corrected chi connectivity index (χ0v) is 16.6. The smallest absolute Gasteiger partial charge is 0.407 e. The van der Waals surface area contributed by atoms with Gasteiger partial charge in [0.05, 0.1) is 17.1 Å². The number of amides is 1. The van der Waals surface area contributed by atoms with Crippen LogP contribution in [-0.2, 0) is 20.0 Å². The number of nitrogen functional groups attached to an aromatic ring is 2. The number of rotatable bonds is 4. The summed E-state index contributed by atoms with van der Waals surface area (Å²) in [4.78, 5) is 11.5. The van der Waals surface area contributed by atoms with E-state index >= 15 is 0 Å². The highest BCUT2D eigenvalue weighted by Gasteiger charge is 2.25. The Labute approximate surface area is 150 Å². The number of hydrogen-bond acceptors (Lipinski definition) is 6. The Morgan fingerprint density at radius 2 is 1.56 bits per heavy atom. The Morgan fingerprint density at radius 1 is 1.08 bits per heavy atom. The molecular weight excluding hydrogens is 342 g/mol. The maximum Gasteiger partial charge on any atom is 0.407 e. The van der Waals surface area contributed by atoms with Crippen molar-refractivity contribution >= 4 is 27.3 Å². The Balaban J connectivity index is 2.91. The van der Waals surface area contributed by atoms with Crippen LogP contribution in [0.5, 0.6) is 0 Å². The van der Waals surface area contributed by atoms with E-state index in [1.165, 1.54) is 0 Å². The first kappa shape index (κ1) is 21.1. The molecule has 5 N–H and O–H groups in total. The minimum absolute atomic E-state index is 0.0912. The van der Waals surface area contributed by atoms with Crippen LogP contribution < -0.4 is 16.8 Å². The summed E-state index contributed by atoms with van der Waals surface area (Å²) in [6.07, 6.45) is -0.674. The Bertz CT molecular complexity index is 721. The van der Waals surface area contributed by atoms with Crippen molar-refractivity contribution in [2.24, 2.45) is 0 Å². The van der Waals surface area contributed by atoms with E-state index in [0.717, 1.165) is 5.56 Å². The van der Waals surface area contributed by atoms with E-state index in [0.29, 0.717) is 0 Å². The molecule has 0 saturated heterocycles. The van der Waals surface area contributed by atoms with Crippen LogP contribution in [0.15, 0.2) is 17.0 Å². The predicted octanol–water partition coefficient (Wildman–Crippen LogP) is 2.45. The molecule has 1 amide bonds. The number of nitrogens with two attached hydrogens (primary N) is 2. The van der Waals surface area contributed by atoms with Gasteiger partial charge in [-0.1, -0.05) is 20.8 Å². The molecule has 0 atom stereocenters. The summed E-state index contributed by atoms with van der Waals surface area (Å²) < 4.78 is 30.2. The Kier molecular flexibility index (Phi) is 6.00. The first-order valence-electron chi connectivity index (χ1n) is 8.02. The molecule has 1 aromatic rings. The zero-order chi connectivity index (χ0) is 19.6. The van der Waals surface area contributed by atoms with Crippen molar-refractivity contribution in [3.8, 4) is 0 Å². The third-order valence-electron chi connectivity index (χ3n) is 3.36. The SMILES string of the molecule is CC(C)(C)OC(=O)NCCS(=O)(=O)c1c(N)cc(C(C)(C)C)cc1N. The molecule has 0 aliphatic rings. The predicted molar refractivity (Wildman–Crippen MR) is 100 cm³/mol. The number of hydrogen-bond donors (Lipinski definition) is 3. The molecule has 0 radical (unpaired) electrons. The summed E-state index contributed by atoms with van der Waals surface area (Å²) in [5, 5.41) is 2.42. The molecule has 0 unspecified atom stereocenters. The molecule has 0 spiro atoms. The molecule has 1 aromatic carbocycles. The number of carbonyl (C=O) groups is 1. The molecule has 8 heteroatoms. The minimum atomic E-state index is -3.74. The van der Waals surface area contributed by atoms with Crippen LogP contribution in [0.3, 0.4) is 0 Å². The van der Waals surface area contributed by atoms with Crippen LogP contribution in [0, 0.1) is 0 Å². The Hall–Kier alpha value is -1.96. The average Bonchev–Trinajstić information content (AvgIpc) is 2.33. The second-order valence-corrected chi connectivity index (χ2v) is 10.0. The van der Waals surface area contributed by atoms with Gasteiger partial charge in [-0.25, -0.2) is 13.2 Å². The number of ether oxygens (including phenoxy) is 1. The summed E-state index contributed by atoms with van der Waals surface area (Å²) in [5.41, 5.74) is 12.1. The maximum absolute atomic E-state index is 12.5. The fourth-order valence-corrected chi connectivity index (χ4v) is 3.58. The molecule has 1 rings (SSSR count). The van der Waals surface area contributed by atoms with Crippen molar-refractivity contribution in [1.82, 2.24) is 5.32 Å². The molecule has 0 bridgehead atoms. The van der Waals surface area contributed by atoms with Crippen LogP contribution >= 0.6 is 0 Å². The lowest BCUT2D eigenvalue weighted by Gasteiger charge is -2.22. The number of anilines is 2. The lowest BCUT2D eigenvalue weighted by atomic mass is 9.86. The summed E-state index contributed by atoms with van der Waals surface area (Å²) >= 11 is 0. The summed E-state index contributed by atoms with van der Waals surface area (Å²) in [6, 6.07) is 3.26. The molecule has 0 aliphatic heterocycles. The number of nitrogens with one attached hydrogen (secondary N) is 1. The minimum Gasteiger partial charge on any atom is -0.444 e. The van der Waals surface area contributed by atoms with E-state index in [9.17, 15) is 13.2 Å². The fraction of sp³-hybridized carbons (Fsp3) is 0.588. The molecule has 25 heavy (non-hydrogen) atoms. The Morgan fingerprint density at radius 3 is 1.96 bits per heavy atom. The normalized spacial score (nSPS) is 12.7. The van der Waals surface area contributed by atoms with E-state index in [1.54, 1.807) is 32.9 Å². The van der Waals surface area contributed by atoms with Crippen molar-refractivity contribution in [3.63, 3.8) is 0 Å². The molecule has 0 aromatic heterocycles. The molecule has 142 valence electrons. The number of benzene rings is 1. The lowest BCUT2D eigenvalue weighted by Crippen LogP contribution is -2.35. The van der Waals surface area contributed by atoms with E-state index in [1.807, 2.05) is 20.8 Å². The number of sulfone groups is 1. The fourth-order valence-electron chi connectivity index (χ4n) is 2.17. The van der Waals surface area contributed by atoms with Crippen LogP contribution in [0.1, 0.15) is 47.1 Å². The second-order valence-electron chi connectivity index (χ2n) is 7.98. The van der Waals surface area contributed by atoms with Crippen molar-refractivity contribution in [1.29, 1.82) is 0 Å². The van der Waals surface area contributed by atoms with Crippen molar-refractivity contribution in [3.05, 3.63) is 17.7 Å². The van der Waals surface area contributed by atoms with E-state index in [2.05, 4.69) is 5.32 Å². The highest BCUT2D eigenvalue weighted by molar-refractivity contribution is 7.91. The second kappa shape index (κ2) is 7.11. The van der Waals surface area contributed by atoms with E-state index < -0.39 is 21.5 Å². The van der Waals surface area contributed by atoms with Gasteiger partial charge in [0.25, 0.3) is 0 Å². The van der Waals surface area contributed by atoms with Crippen molar-refractivity contribution in [2.45, 2.75) is 57.5 Å². The molecule has 0 fully saturated rings. The van der Waals surface area contributed by atoms with Crippen molar-refractivity contribution < 1.29 is 17.9 Å². The molecule has 7 nitrogen and oxygen atoms in total. The highest BCUT2D eigenvalue weighted by Crippen LogP contribution is 2.33. The van der Waals surface area contributed by atoms with Gasteiger partial charge < -0.3 is 21.5 Å². The largest absolute Gasteiger partial charge is 0.444 e. The van der Waals surface area contributed by atoms with E-state index in [4.69, 9.17) is 16.2 Å². The van der Waals surface area contributed by atoms with Gasteiger partial charge in [-0.15, -0.1) is 0 Å². The first-order chi connectivity index (χ1) is 11.1. The molecule has 0 heterocycles. The van der Waals surface area contributed by atoms with Crippen molar-refractivity contribution in [2.75, 3.05) is 23.8 Å². The summed E-state index contributed by atoms with van der Waals surface area (Å²) in [6.45, 7) is 11.0. The van der Waals surface area contributed by atoms with Crippen LogP contribution in [0.2, 0.25) is 0 Å². The third kappa shape index (κ3) is 6.12. The zero-order valence-electron chi connectivity index (χ0n) is 15.8. The van der Waals surface area contributed by atoms with Gasteiger partial charge in [0.15, 0.2) is 9.84 Å². The summed E-state index contributed by atoms with van der Waals surface area (Å²) in [7, 11) is -3.74. The van der Waals surface area contributed by atoms with Gasteiger partial charge in [0.1, 0.15) is 10.5 Å². The van der Waals surface area contributed by atoms with Crippen LogP contribution in [0.25, 0.3) is 0 Å². The topological polar surface area (TPSA) is 125 Å². The molecular formula is C17H29N3O4S. The van der Waals surface area contributed by atoms with Crippen LogP contribution in [-0.4, -0.2) is 32.4 Å². The van der Waals surface area contributed by atoms with Crippen LogP contribution in [0.4, 0.5) is 16.2 Å². The molecule has 0 saturated carbocycles. The van der Waals surface area contributed by atoms with Gasteiger partial charge in [0.2, 0.25) is 0 Å². The standard InChI is InChI=1S/C17H29N3O4S/c1-16(2,3)11-9-12(18)14(13(19)10-11)25(22,23)8-7-20-15(21)24-17(4,5)6/h9-10H,7-8,18-19H2,1-6H3,(H,20,21). The average molecular weight is 372 g/mol. The van der Waals surface area contributed by atoms with Gasteiger partial charge in [-0.05, 0) is 43.9 Å².